The molecule has 0 bridgehead atoms. The molecule has 5 unspecified atom stereocenters. The smallest absolute Gasteiger partial charge is 0.252 e. The van der Waals surface area contributed by atoms with Crippen LogP contribution in [0.3, 0.4) is 0 Å². The summed E-state index contributed by atoms with van der Waals surface area (Å²) in [4.78, 5) is 51.7. The number of ether oxygens (including phenoxy) is 1. The number of amidine groups is 1. The lowest BCUT2D eigenvalue weighted by molar-refractivity contribution is -0.158. The number of nitroso groups, excluding NO2 is 1. The Morgan fingerprint density at radius 1 is 1.20 bits per heavy atom. The third kappa shape index (κ3) is 12.2. The van der Waals surface area contributed by atoms with Gasteiger partial charge in [-0.2, -0.15) is 9.97 Å². The van der Waals surface area contributed by atoms with Crippen molar-refractivity contribution < 1.29 is 19.2 Å². The van der Waals surface area contributed by atoms with Crippen LogP contribution in [0.25, 0.3) is 11.1 Å². The van der Waals surface area contributed by atoms with Gasteiger partial charge < -0.3 is 36.6 Å². The molecule has 2 fully saturated rings. The summed E-state index contributed by atoms with van der Waals surface area (Å²) < 4.78 is 5.96. The molecule has 14 nitrogen and oxygen atoms in total. The van der Waals surface area contributed by atoms with Crippen molar-refractivity contribution in [3.8, 4) is 16.9 Å². The van der Waals surface area contributed by atoms with Crippen LogP contribution >= 0.6 is 12.6 Å². The molecule has 0 spiro atoms. The van der Waals surface area contributed by atoms with Gasteiger partial charge in [0.2, 0.25) is 5.91 Å². The predicted octanol–water partition coefficient (Wildman–Crippen LogP) is 5.03. The van der Waals surface area contributed by atoms with Crippen LogP contribution in [0.15, 0.2) is 57.7 Å². The first kappa shape index (κ1) is 46.2. The van der Waals surface area contributed by atoms with Gasteiger partial charge in [0, 0.05) is 89.2 Å². The molecule has 2 amide bonds. The number of carbonyl (C=O) groups is 2. The van der Waals surface area contributed by atoms with Gasteiger partial charge in [-0.25, -0.2) is 0 Å². The molecule has 1 saturated carbocycles. The summed E-state index contributed by atoms with van der Waals surface area (Å²) in [6, 6.07) is 9.83. The van der Waals surface area contributed by atoms with Crippen LogP contribution in [0.1, 0.15) is 68.8 Å². The van der Waals surface area contributed by atoms with Gasteiger partial charge >= 0.3 is 0 Å². The van der Waals surface area contributed by atoms with E-state index in [-0.39, 0.29) is 37.9 Å². The van der Waals surface area contributed by atoms with Gasteiger partial charge in [-0.1, -0.05) is 57.0 Å². The van der Waals surface area contributed by atoms with Crippen molar-refractivity contribution in [1.29, 1.82) is 0 Å². The van der Waals surface area contributed by atoms with Crippen LogP contribution in [0.4, 0.5) is 5.69 Å². The van der Waals surface area contributed by atoms with Gasteiger partial charge in [-0.15, -0.1) is 12.6 Å². The highest BCUT2D eigenvalue weighted by atomic mass is 32.1. The fourth-order valence-corrected chi connectivity index (χ4v) is 7.90. The highest BCUT2D eigenvalue weighted by molar-refractivity contribution is 7.83. The zero-order valence-electron chi connectivity index (χ0n) is 35.0. The number of hydrogen-bond donors (Lipinski definition) is 5. The van der Waals surface area contributed by atoms with Crippen molar-refractivity contribution in [2.45, 2.75) is 77.6 Å². The van der Waals surface area contributed by atoms with E-state index in [4.69, 9.17) is 21.0 Å². The Labute approximate surface area is 339 Å². The number of thiol groups is 1. The fourth-order valence-electron chi connectivity index (χ4n) is 7.66. The molecule has 0 aromatic heterocycles. The summed E-state index contributed by atoms with van der Waals surface area (Å²) in [6.07, 6.45) is 5.56. The Hall–Kier alpha value is -4.18. The number of carbonyl (C=O) groups excluding carboxylic acids is 2. The van der Waals surface area contributed by atoms with Gasteiger partial charge in [0.15, 0.2) is 0 Å². The molecule has 2 aromatic rings. The maximum absolute atomic E-state index is 13.7. The van der Waals surface area contributed by atoms with Crippen molar-refractivity contribution in [1.82, 2.24) is 20.6 Å². The summed E-state index contributed by atoms with van der Waals surface area (Å²) in [5.41, 5.74) is 17.0. The molecule has 1 heterocycles. The molecule has 2 aliphatic rings. The SMILES string of the molecule is CC1CCCC(C)(C)C1.CN=C(N)C1C(CN=O)C(CN)ON1Cc1cccc(-c2cc(C(=O)NC(C/C(=C/S)NC)C(=O)N(C)C)cc(N(C)C)c2)c1OC. The first-order valence-corrected chi connectivity index (χ1v) is 19.7. The van der Waals surface area contributed by atoms with E-state index in [9.17, 15) is 14.5 Å². The second-order valence-corrected chi connectivity index (χ2v) is 16.2. The van der Waals surface area contributed by atoms with Crippen molar-refractivity contribution in [3.63, 3.8) is 0 Å². The second kappa shape index (κ2) is 21.4. The molecule has 1 aliphatic carbocycles. The average molecular weight is 796 g/mol. The Balaban J connectivity index is 0.000000817. The molecule has 15 heteroatoms. The number of hydrogen-bond acceptors (Lipinski definition) is 12. The molecular weight excluding hydrogens is 731 g/mol. The number of nitrogens with two attached hydrogens (primary N) is 2. The number of nitrogens with zero attached hydrogens (tertiary/aromatic N) is 5. The number of rotatable bonds is 15. The number of hydroxylamine groups is 2. The third-order valence-electron chi connectivity index (χ3n) is 10.6. The molecule has 5 atom stereocenters. The summed E-state index contributed by atoms with van der Waals surface area (Å²) in [6.45, 7) is 7.55. The average Bonchev–Trinajstić information content (AvgIpc) is 3.51. The lowest BCUT2D eigenvalue weighted by atomic mass is 9.73. The molecule has 0 radical (unpaired) electrons. The number of aliphatic imine (C=N–C) groups is 1. The van der Waals surface area contributed by atoms with E-state index in [0.29, 0.717) is 28.3 Å². The van der Waals surface area contributed by atoms with E-state index in [0.717, 1.165) is 28.3 Å². The Morgan fingerprint density at radius 2 is 1.91 bits per heavy atom. The van der Waals surface area contributed by atoms with E-state index >= 15 is 0 Å². The van der Waals surface area contributed by atoms with Crippen LogP contribution in [-0.2, 0) is 16.2 Å². The van der Waals surface area contributed by atoms with Crippen LogP contribution in [0.5, 0.6) is 5.75 Å². The fraction of sp³-hybridized carbons (Fsp3) is 0.585. The zero-order chi connectivity index (χ0) is 41.7. The maximum atomic E-state index is 13.7. The van der Waals surface area contributed by atoms with Crippen molar-refractivity contribution >= 4 is 36.0 Å². The number of benzene rings is 2. The number of nitrogens with one attached hydrogen (secondary N) is 2. The standard InChI is InChI=1S/C32H47N9O5S.C9H18/c1-35-22(18-47)14-26(32(43)40(5)6)38-31(42)21-11-20(12-23(13-21)39(3)4)24-10-8-9-19(29(24)45-7)17-41-28(30(34)36-2)25(16-37-44)27(15-33)46-41;1-8-5-4-6-9(2,3)7-8/h8-13,18,25-28,35,47H,14-17,33H2,1-7H3,(H2,34,36)(H,38,42);8H,4-7H2,1-3H3/b22-18-;. The van der Waals surface area contributed by atoms with E-state index in [1.807, 2.05) is 43.3 Å². The van der Waals surface area contributed by atoms with Crippen LogP contribution in [0.2, 0.25) is 0 Å². The van der Waals surface area contributed by atoms with Gasteiger partial charge in [-0.3, -0.25) is 19.4 Å². The van der Waals surface area contributed by atoms with E-state index < -0.39 is 24.1 Å². The quantitative estimate of drug-likeness (QED) is 0.0711. The van der Waals surface area contributed by atoms with Crippen LogP contribution in [0, 0.1) is 22.2 Å². The topological polar surface area (TPSA) is 180 Å². The molecule has 4 rings (SSSR count). The highest BCUT2D eigenvalue weighted by Crippen LogP contribution is 2.39. The largest absolute Gasteiger partial charge is 0.496 e. The van der Waals surface area contributed by atoms with E-state index in [1.54, 1.807) is 57.9 Å². The van der Waals surface area contributed by atoms with Crippen LogP contribution < -0.4 is 31.7 Å². The summed E-state index contributed by atoms with van der Waals surface area (Å²) in [5.74, 6) is 0.807. The first-order valence-electron chi connectivity index (χ1n) is 19.2. The second-order valence-electron chi connectivity index (χ2n) is 15.9. The Morgan fingerprint density at radius 3 is 2.43 bits per heavy atom. The predicted molar refractivity (Wildman–Crippen MR) is 230 cm³/mol. The van der Waals surface area contributed by atoms with Crippen molar-refractivity contribution in [2.24, 2.45) is 38.9 Å². The number of likely N-dealkylation sites (N-methyl/N-ethyl adjacent to an activating group) is 1. The van der Waals surface area contributed by atoms with E-state index in [1.165, 1.54) is 30.6 Å². The van der Waals surface area contributed by atoms with Crippen molar-refractivity contribution in [3.05, 3.63) is 63.5 Å². The molecular formula is C41H65N9O5S. The number of methoxy groups -OCH3 is 1. The molecule has 2 aromatic carbocycles. The lowest BCUT2D eigenvalue weighted by Gasteiger charge is -2.33. The van der Waals surface area contributed by atoms with Gasteiger partial charge in [0.25, 0.3) is 5.91 Å². The number of anilines is 1. The zero-order valence-corrected chi connectivity index (χ0v) is 35.9. The number of amides is 2. The van der Waals surface area contributed by atoms with Gasteiger partial charge in [0.1, 0.15) is 17.6 Å². The molecule has 310 valence electrons. The molecule has 56 heavy (non-hydrogen) atoms. The normalized spacial score (nSPS) is 21.6. The Bertz CT molecular complexity index is 1700. The van der Waals surface area contributed by atoms with Gasteiger partial charge in [0.05, 0.1) is 32.3 Å². The molecule has 1 aliphatic heterocycles. The van der Waals surface area contributed by atoms with Crippen LogP contribution in [-0.4, -0.2) is 108 Å². The molecule has 1 saturated heterocycles. The van der Waals surface area contributed by atoms with E-state index in [2.05, 4.69) is 54.2 Å². The van der Waals surface area contributed by atoms with Gasteiger partial charge in [-0.05, 0) is 53.3 Å². The minimum absolute atomic E-state index is 0.0270. The number of para-hydroxylation sites is 1. The molecule has 6 N–H and O–H groups in total. The lowest BCUT2D eigenvalue weighted by Crippen LogP contribution is -2.47. The first-order chi connectivity index (χ1) is 26.5. The summed E-state index contributed by atoms with van der Waals surface area (Å²) >= 11 is 4.22. The summed E-state index contributed by atoms with van der Waals surface area (Å²) in [7, 11) is 11.9. The highest BCUT2D eigenvalue weighted by Gasteiger charge is 2.45. The maximum Gasteiger partial charge on any atom is 0.252 e. The summed E-state index contributed by atoms with van der Waals surface area (Å²) in [5, 5.41) is 12.3. The third-order valence-corrected chi connectivity index (χ3v) is 10.9. The van der Waals surface area contributed by atoms with Crippen molar-refractivity contribution in [2.75, 3.05) is 67.4 Å². The Kier molecular flexibility index (Phi) is 17.6. The minimum Gasteiger partial charge on any atom is -0.496 e. The monoisotopic (exact) mass is 795 g/mol. The minimum atomic E-state index is -0.823.